The SMILES string of the molecule is CCCCCCC(N)c1csc(I)c1. The molecule has 14 heavy (non-hydrogen) atoms. The van der Waals surface area contributed by atoms with Crippen LogP contribution in [0.2, 0.25) is 0 Å². The Morgan fingerprint density at radius 1 is 1.43 bits per heavy atom. The first-order valence-electron chi connectivity index (χ1n) is 5.23. The number of halogens is 1. The van der Waals surface area contributed by atoms with Gasteiger partial charge in [-0.3, -0.25) is 0 Å². The van der Waals surface area contributed by atoms with Gasteiger partial charge in [-0.1, -0.05) is 32.6 Å². The fourth-order valence-electron chi connectivity index (χ4n) is 1.48. The molecule has 0 amide bonds. The van der Waals surface area contributed by atoms with Crippen molar-refractivity contribution in [3.05, 3.63) is 19.9 Å². The number of hydrogen-bond donors (Lipinski definition) is 1. The lowest BCUT2D eigenvalue weighted by Crippen LogP contribution is -2.08. The third-order valence-corrected chi connectivity index (χ3v) is 4.19. The maximum atomic E-state index is 6.09. The van der Waals surface area contributed by atoms with Gasteiger partial charge >= 0.3 is 0 Å². The molecule has 0 aliphatic carbocycles. The molecule has 1 rings (SSSR count). The van der Waals surface area contributed by atoms with Crippen molar-refractivity contribution in [3.63, 3.8) is 0 Å². The predicted molar refractivity (Wildman–Crippen MR) is 72.7 cm³/mol. The minimum atomic E-state index is 0.256. The highest BCUT2D eigenvalue weighted by molar-refractivity contribution is 14.1. The van der Waals surface area contributed by atoms with Crippen molar-refractivity contribution in [1.29, 1.82) is 0 Å². The minimum absolute atomic E-state index is 0.256. The van der Waals surface area contributed by atoms with Gasteiger partial charge in [0.05, 0.1) is 2.88 Å². The van der Waals surface area contributed by atoms with Crippen LogP contribution in [0.5, 0.6) is 0 Å². The zero-order valence-electron chi connectivity index (χ0n) is 8.63. The molecular weight excluding hydrogens is 305 g/mol. The summed E-state index contributed by atoms with van der Waals surface area (Å²) in [6, 6.07) is 2.46. The van der Waals surface area contributed by atoms with E-state index in [9.17, 15) is 0 Å². The second-order valence-corrected chi connectivity index (χ2v) is 6.45. The van der Waals surface area contributed by atoms with Crippen LogP contribution in [0, 0.1) is 2.88 Å². The van der Waals surface area contributed by atoms with Gasteiger partial charge in [0.15, 0.2) is 0 Å². The van der Waals surface area contributed by atoms with E-state index in [0.29, 0.717) is 0 Å². The first-order chi connectivity index (χ1) is 6.74. The van der Waals surface area contributed by atoms with Gasteiger partial charge in [0.25, 0.3) is 0 Å². The van der Waals surface area contributed by atoms with Crippen molar-refractivity contribution < 1.29 is 0 Å². The zero-order valence-corrected chi connectivity index (χ0v) is 11.6. The lowest BCUT2D eigenvalue weighted by Gasteiger charge is -2.08. The van der Waals surface area contributed by atoms with Crippen molar-refractivity contribution in [2.75, 3.05) is 0 Å². The topological polar surface area (TPSA) is 26.0 Å². The molecule has 0 aromatic carbocycles. The molecule has 1 aromatic heterocycles. The van der Waals surface area contributed by atoms with E-state index in [-0.39, 0.29) is 6.04 Å². The number of unbranched alkanes of at least 4 members (excludes halogenated alkanes) is 3. The smallest absolute Gasteiger partial charge is 0.0656 e. The summed E-state index contributed by atoms with van der Waals surface area (Å²) in [5, 5.41) is 2.19. The van der Waals surface area contributed by atoms with Crippen LogP contribution in [0.25, 0.3) is 0 Å². The van der Waals surface area contributed by atoms with E-state index < -0.39 is 0 Å². The summed E-state index contributed by atoms with van der Waals surface area (Å²) in [5.74, 6) is 0. The molecule has 1 aromatic rings. The maximum absolute atomic E-state index is 6.09. The van der Waals surface area contributed by atoms with Gasteiger partial charge in [0.1, 0.15) is 0 Å². The molecular formula is C11H18INS. The molecule has 80 valence electrons. The van der Waals surface area contributed by atoms with E-state index in [1.807, 2.05) is 0 Å². The number of nitrogens with two attached hydrogens (primary N) is 1. The molecule has 0 saturated carbocycles. The Kier molecular flexibility index (Phi) is 6.05. The summed E-state index contributed by atoms with van der Waals surface area (Å²) in [5.41, 5.74) is 7.41. The normalized spacial score (nSPS) is 13.1. The second-order valence-electron chi connectivity index (χ2n) is 3.64. The summed E-state index contributed by atoms with van der Waals surface area (Å²) in [4.78, 5) is 0. The molecule has 0 bridgehead atoms. The molecule has 0 aliphatic rings. The lowest BCUT2D eigenvalue weighted by atomic mass is 10.0. The van der Waals surface area contributed by atoms with Crippen molar-refractivity contribution in [2.24, 2.45) is 5.73 Å². The van der Waals surface area contributed by atoms with Crippen LogP contribution < -0.4 is 5.73 Å². The van der Waals surface area contributed by atoms with Gasteiger partial charge in [-0.2, -0.15) is 0 Å². The molecule has 1 nitrogen and oxygen atoms in total. The second kappa shape index (κ2) is 6.80. The van der Waals surface area contributed by atoms with Gasteiger partial charge < -0.3 is 5.73 Å². The van der Waals surface area contributed by atoms with Gasteiger partial charge in [-0.15, -0.1) is 11.3 Å². The van der Waals surface area contributed by atoms with Crippen LogP contribution in [-0.2, 0) is 0 Å². The average molecular weight is 323 g/mol. The lowest BCUT2D eigenvalue weighted by molar-refractivity contribution is 0.567. The molecule has 3 heteroatoms. The van der Waals surface area contributed by atoms with Crippen LogP contribution in [0.15, 0.2) is 11.4 Å². The van der Waals surface area contributed by atoms with Crippen LogP contribution in [0.1, 0.15) is 50.6 Å². The van der Waals surface area contributed by atoms with Gasteiger partial charge in [0.2, 0.25) is 0 Å². The Bertz CT molecular complexity index is 260. The Hall–Kier alpha value is 0.390. The van der Waals surface area contributed by atoms with Gasteiger partial charge in [0, 0.05) is 6.04 Å². The van der Waals surface area contributed by atoms with Crippen LogP contribution in [-0.4, -0.2) is 0 Å². The van der Waals surface area contributed by atoms with Crippen molar-refractivity contribution in [3.8, 4) is 0 Å². The quantitative estimate of drug-likeness (QED) is 0.612. The van der Waals surface area contributed by atoms with Crippen molar-refractivity contribution in [2.45, 2.75) is 45.1 Å². The Labute approximate surface area is 104 Å². The monoisotopic (exact) mass is 323 g/mol. The molecule has 1 atom stereocenters. The Balaban J connectivity index is 2.25. The first kappa shape index (κ1) is 12.5. The van der Waals surface area contributed by atoms with E-state index in [4.69, 9.17) is 5.73 Å². The van der Waals surface area contributed by atoms with Crippen LogP contribution in [0.4, 0.5) is 0 Å². The summed E-state index contributed by atoms with van der Waals surface area (Å²) < 4.78 is 1.33. The largest absolute Gasteiger partial charge is 0.324 e. The average Bonchev–Trinajstić information content (AvgIpc) is 2.59. The Morgan fingerprint density at radius 2 is 2.21 bits per heavy atom. The van der Waals surface area contributed by atoms with Crippen molar-refractivity contribution >= 4 is 33.9 Å². The first-order valence-corrected chi connectivity index (χ1v) is 7.19. The Morgan fingerprint density at radius 3 is 2.79 bits per heavy atom. The number of hydrogen-bond acceptors (Lipinski definition) is 2. The molecule has 2 N–H and O–H groups in total. The molecule has 0 saturated heterocycles. The van der Waals surface area contributed by atoms with Crippen LogP contribution in [0.3, 0.4) is 0 Å². The number of thiophene rings is 1. The third kappa shape index (κ3) is 4.28. The van der Waals surface area contributed by atoms with E-state index in [0.717, 1.165) is 6.42 Å². The van der Waals surface area contributed by atoms with E-state index in [1.165, 1.54) is 34.1 Å². The molecule has 0 radical (unpaired) electrons. The van der Waals surface area contributed by atoms with Crippen LogP contribution >= 0.6 is 33.9 Å². The van der Waals surface area contributed by atoms with Gasteiger partial charge in [-0.25, -0.2) is 0 Å². The summed E-state index contributed by atoms with van der Waals surface area (Å²) in [6.45, 7) is 2.24. The summed E-state index contributed by atoms with van der Waals surface area (Å²) in [6.07, 6.45) is 6.36. The standard InChI is InChI=1S/C11H18INS/c1-2-3-4-5-6-10(13)9-7-11(12)14-8-9/h7-8,10H,2-6,13H2,1H3. The van der Waals surface area contributed by atoms with E-state index in [1.54, 1.807) is 11.3 Å². The minimum Gasteiger partial charge on any atom is -0.324 e. The highest BCUT2D eigenvalue weighted by Gasteiger charge is 2.07. The van der Waals surface area contributed by atoms with E-state index >= 15 is 0 Å². The summed E-state index contributed by atoms with van der Waals surface area (Å²) >= 11 is 4.13. The fraction of sp³-hybridized carbons (Fsp3) is 0.636. The number of rotatable bonds is 6. The highest BCUT2D eigenvalue weighted by atomic mass is 127. The third-order valence-electron chi connectivity index (χ3n) is 2.38. The van der Waals surface area contributed by atoms with Gasteiger partial charge in [-0.05, 0) is 46.0 Å². The molecule has 0 fully saturated rings. The van der Waals surface area contributed by atoms with E-state index in [2.05, 4.69) is 41.0 Å². The highest BCUT2D eigenvalue weighted by Crippen LogP contribution is 2.24. The summed E-state index contributed by atoms with van der Waals surface area (Å²) in [7, 11) is 0. The zero-order chi connectivity index (χ0) is 10.4. The predicted octanol–water partition coefficient (Wildman–Crippen LogP) is 4.32. The van der Waals surface area contributed by atoms with Crippen molar-refractivity contribution in [1.82, 2.24) is 0 Å². The molecule has 0 aliphatic heterocycles. The maximum Gasteiger partial charge on any atom is 0.0656 e. The molecule has 1 unspecified atom stereocenters. The molecule has 1 heterocycles. The molecule has 0 spiro atoms. The fourth-order valence-corrected chi connectivity index (χ4v) is 2.91.